The highest BCUT2D eigenvalue weighted by Crippen LogP contribution is 2.23. The predicted molar refractivity (Wildman–Crippen MR) is 94.9 cm³/mol. The second-order valence-electron chi connectivity index (χ2n) is 6.88. The number of hydrogen-bond donors (Lipinski definition) is 2. The van der Waals surface area contributed by atoms with Crippen molar-refractivity contribution in [3.05, 3.63) is 29.8 Å². The molecule has 1 atom stereocenters. The van der Waals surface area contributed by atoms with Crippen LogP contribution in [0.2, 0.25) is 0 Å². The van der Waals surface area contributed by atoms with Gasteiger partial charge >= 0.3 is 0 Å². The third-order valence-electron chi connectivity index (χ3n) is 4.71. The molecule has 2 rings (SSSR count). The smallest absolute Gasteiger partial charge is 0.118 e. The Morgan fingerprint density at radius 3 is 2.43 bits per heavy atom. The number of nitrogens with zero attached hydrogens (tertiary/aromatic N) is 1. The zero-order valence-corrected chi connectivity index (χ0v) is 14.8. The van der Waals surface area contributed by atoms with E-state index in [-0.39, 0.29) is 6.10 Å². The molecule has 130 valence electrons. The molecule has 0 spiro atoms. The quantitative estimate of drug-likeness (QED) is 0.723. The van der Waals surface area contributed by atoms with Gasteiger partial charge in [-0.15, -0.1) is 0 Å². The molecule has 1 aromatic carbocycles. The van der Waals surface area contributed by atoms with E-state index in [0.29, 0.717) is 12.0 Å². The second-order valence-corrected chi connectivity index (χ2v) is 6.88. The van der Waals surface area contributed by atoms with Crippen LogP contribution >= 0.6 is 0 Å². The van der Waals surface area contributed by atoms with E-state index >= 15 is 0 Å². The first-order valence-electron chi connectivity index (χ1n) is 8.88. The number of benzene rings is 1. The molecule has 1 saturated heterocycles. The highest BCUT2D eigenvalue weighted by atomic mass is 16.5. The molecular weight excluding hydrogens is 288 g/mol. The third kappa shape index (κ3) is 5.79. The van der Waals surface area contributed by atoms with E-state index in [9.17, 15) is 5.11 Å². The zero-order valence-electron chi connectivity index (χ0n) is 14.8. The van der Waals surface area contributed by atoms with Crippen molar-refractivity contribution < 1.29 is 9.84 Å². The van der Waals surface area contributed by atoms with Crippen LogP contribution < -0.4 is 10.1 Å². The van der Waals surface area contributed by atoms with E-state index in [1.165, 1.54) is 5.56 Å². The summed E-state index contributed by atoms with van der Waals surface area (Å²) in [6.07, 6.45) is 2.92. The predicted octanol–water partition coefficient (Wildman–Crippen LogP) is 2.83. The first kappa shape index (κ1) is 18.2. The first-order chi connectivity index (χ1) is 11.1. The summed E-state index contributed by atoms with van der Waals surface area (Å²) in [4.78, 5) is 2.46. The van der Waals surface area contributed by atoms with Crippen molar-refractivity contribution >= 4 is 0 Å². The van der Waals surface area contributed by atoms with Crippen LogP contribution in [0.3, 0.4) is 0 Å². The molecule has 1 aromatic rings. The number of hydrogen-bond acceptors (Lipinski definition) is 4. The zero-order chi connectivity index (χ0) is 16.7. The largest absolute Gasteiger partial charge is 0.497 e. The molecular formula is C19H32N2O2. The maximum Gasteiger partial charge on any atom is 0.118 e. The molecule has 4 nitrogen and oxygen atoms in total. The number of aliphatic hydroxyl groups excluding tert-OH is 1. The monoisotopic (exact) mass is 320 g/mol. The number of piperidine rings is 1. The molecule has 0 saturated carbocycles. The van der Waals surface area contributed by atoms with E-state index in [1.807, 2.05) is 12.1 Å². The van der Waals surface area contributed by atoms with Gasteiger partial charge in [0.2, 0.25) is 0 Å². The molecule has 0 amide bonds. The average molecular weight is 320 g/mol. The van der Waals surface area contributed by atoms with Crippen LogP contribution in [-0.4, -0.2) is 49.4 Å². The lowest BCUT2D eigenvalue weighted by atomic mass is 9.96. The van der Waals surface area contributed by atoms with Crippen LogP contribution in [0, 0.1) is 5.92 Å². The fourth-order valence-electron chi connectivity index (χ4n) is 3.25. The van der Waals surface area contributed by atoms with Crippen LogP contribution in [0.1, 0.15) is 44.7 Å². The standard InChI is InChI=1S/C19H32N2O2/c1-15(2)19(16-5-7-18(23-3)8-6-16)20-11-4-12-21-13-9-17(22)10-14-21/h5-8,15,17,19-20,22H,4,9-14H2,1-3H3. The summed E-state index contributed by atoms with van der Waals surface area (Å²) in [5, 5.41) is 13.3. The Bertz CT molecular complexity index is 439. The normalized spacial score (nSPS) is 18.3. The summed E-state index contributed by atoms with van der Waals surface area (Å²) < 4.78 is 5.24. The fourth-order valence-corrected chi connectivity index (χ4v) is 3.25. The van der Waals surface area contributed by atoms with E-state index in [2.05, 4.69) is 36.2 Å². The van der Waals surface area contributed by atoms with Gasteiger partial charge in [-0.3, -0.25) is 0 Å². The van der Waals surface area contributed by atoms with Gasteiger partial charge in [-0.25, -0.2) is 0 Å². The molecule has 2 N–H and O–H groups in total. The molecule has 4 heteroatoms. The lowest BCUT2D eigenvalue weighted by Gasteiger charge is -2.30. The van der Waals surface area contributed by atoms with E-state index in [1.54, 1.807) is 7.11 Å². The van der Waals surface area contributed by atoms with Crippen molar-refractivity contribution in [1.29, 1.82) is 0 Å². The van der Waals surface area contributed by atoms with Crippen LogP contribution in [-0.2, 0) is 0 Å². The number of aliphatic hydroxyl groups is 1. The minimum absolute atomic E-state index is 0.0789. The van der Waals surface area contributed by atoms with Crippen LogP contribution in [0.15, 0.2) is 24.3 Å². The van der Waals surface area contributed by atoms with Gasteiger partial charge in [0.1, 0.15) is 5.75 Å². The van der Waals surface area contributed by atoms with Gasteiger partial charge in [-0.1, -0.05) is 26.0 Å². The van der Waals surface area contributed by atoms with E-state index in [4.69, 9.17) is 4.74 Å². The van der Waals surface area contributed by atoms with Crippen LogP contribution in [0.25, 0.3) is 0 Å². The third-order valence-corrected chi connectivity index (χ3v) is 4.71. The first-order valence-corrected chi connectivity index (χ1v) is 8.88. The Hall–Kier alpha value is -1.10. The summed E-state index contributed by atoms with van der Waals surface area (Å²) >= 11 is 0. The lowest BCUT2D eigenvalue weighted by Crippen LogP contribution is -2.37. The fraction of sp³-hybridized carbons (Fsp3) is 0.684. The highest BCUT2D eigenvalue weighted by Gasteiger charge is 2.17. The van der Waals surface area contributed by atoms with Crippen molar-refractivity contribution in [3.63, 3.8) is 0 Å². The number of nitrogens with one attached hydrogen (secondary N) is 1. The molecule has 1 fully saturated rings. The molecule has 0 aromatic heterocycles. The summed E-state index contributed by atoms with van der Waals surface area (Å²) in [5.41, 5.74) is 1.32. The Morgan fingerprint density at radius 2 is 1.87 bits per heavy atom. The van der Waals surface area contributed by atoms with Crippen molar-refractivity contribution in [2.24, 2.45) is 5.92 Å². The van der Waals surface area contributed by atoms with Gasteiger partial charge in [-0.2, -0.15) is 0 Å². The molecule has 0 radical (unpaired) electrons. The topological polar surface area (TPSA) is 44.7 Å². The number of likely N-dealkylation sites (tertiary alicyclic amines) is 1. The average Bonchev–Trinajstić information content (AvgIpc) is 2.56. The van der Waals surface area contributed by atoms with Crippen molar-refractivity contribution in [1.82, 2.24) is 10.2 Å². The van der Waals surface area contributed by atoms with Crippen molar-refractivity contribution in [2.75, 3.05) is 33.3 Å². The molecule has 0 aliphatic carbocycles. The van der Waals surface area contributed by atoms with Gasteiger partial charge in [-0.05, 0) is 56.0 Å². The number of rotatable bonds is 8. The van der Waals surface area contributed by atoms with Crippen LogP contribution in [0.5, 0.6) is 5.75 Å². The van der Waals surface area contributed by atoms with Crippen molar-refractivity contribution in [3.8, 4) is 5.75 Å². The van der Waals surface area contributed by atoms with Gasteiger partial charge in [0.05, 0.1) is 13.2 Å². The van der Waals surface area contributed by atoms with Crippen molar-refractivity contribution in [2.45, 2.75) is 45.3 Å². The maximum atomic E-state index is 9.55. The van der Waals surface area contributed by atoms with E-state index in [0.717, 1.165) is 51.2 Å². The van der Waals surface area contributed by atoms with Crippen LogP contribution in [0.4, 0.5) is 0 Å². The molecule has 23 heavy (non-hydrogen) atoms. The maximum absolute atomic E-state index is 9.55. The van der Waals surface area contributed by atoms with Gasteiger partial charge in [0, 0.05) is 19.1 Å². The summed E-state index contributed by atoms with van der Waals surface area (Å²) in [6, 6.07) is 8.76. The SMILES string of the molecule is COc1ccc(C(NCCCN2CCC(O)CC2)C(C)C)cc1. The minimum Gasteiger partial charge on any atom is -0.497 e. The Labute approximate surface area is 140 Å². The Balaban J connectivity index is 1.76. The van der Waals surface area contributed by atoms with Gasteiger partial charge in [0.25, 0.3) is 0 Å². The van der Waals surface area contributed by atoms with Gasteiger partial charge in [0.15, 0.2) is 0 Å². The molecule has 1 unspecified atom stereocenters. The molecule has 1 heterocycles. The summed E-state index contributed by atoms with van der Waals surface area (Å²) in [6.45, 7) is 8.73. The minimum atomic E-state index is -0.0789. The lowest BCUT2D eigenvalue weighted by molar-refractivity contribution is 0.0819. The number of ether oxygens (including phenoxy) is 1. The molecule has 0 bridgehead atoms. The summed E-state index contributed by atoms with van der Waals surface area (Å²) in [7, 11) is 1.70. The highest BCUT2D eigenvalue weighted by molar-refractivity contribution is 5.29. The Morgan fingerprint density at radius 1 is 1.22 bits per heavy atom. The molecule has 1 aliphatic rings. The van der Waals surface area contributed by atoms with E-state index < -0.39 is 0 Å². The van der Waals surface area contributed by atoms with Gasteiger partial charge < -0.3 is 20.1 Å². The second kappa shape index (κ2) is 9.26. The number of methoxy groups -OCH3 is 1. The summed E-state index contributed by atoms with van der Waals surface area (Å²) in [5.74, 6) is 1.46. The molecule has 1 aliphatic heterocycles. The Kier molecular flexibility index (Phi) is 7.34.